The van der Waals surface area contributed by atoms with Gasteiger partial charge in [0, 0.05) is 12.6 Å². The van der Waals surface area contributed by atoms with Crippen LogP contribution in [-0.4, -0.2) is 29.4 Å². The Balaban J connectivity index is 2.45. The van der Waals surface area contributed by atoms with E-state index < -0.39 is 0 Å². The molecule has 1 heterocycles. The minimum atomic E-state index is -0.241. The molecular formula is C11H22N2O. The number of likely N-dealkylation sites (tertiary alicyclic amines) is 1. The van der Waals surface area contributed by atoms with Crippen molar-refractivity contribution < 1.29 is 4.79 Å². The van der Waals surface area contributed by atoms with E-state index in [2.05, 4.69) is 20.8 Å². The number of hydrogen-bond donors (Lipinski definition) is 1. The van der Waals surface area contributed by atoms with Crippen LogP contribution in [0.15, 0.2) is 0 Å². The summed E-state index contributed by atoms with van der Waals surface area (Å²) in [6.07, 6.45) is 3.09. The predicted molar refractivity (Wildman–Crippen MR) is 57.8 cm³/mol. The second-order valence-corrected chi connectivity index (χ2v) is 4.52. The monoisotopic (exact) mass is 198 g/mol. The Bertz CT molecular complexity index is 205. The first-order valence-corrected chi connectivity index (χ1v) is 5.62. The number of amides is 1. The quantitative estimate of drug-likeness (QED) is 0.741. The molecule has 0 bridgehead atoms. The van der Waals surface area contributed by atoms with Crippen molar-refractivity contribution in [3.05, 3.63) is 0 Å². The van der Waals surface area contributed by atoms with Crippen molar-refractivity contribution in [3.63, 3.8) is 0 Å². The molecule has 1 rings (SSSR count). The van der Waals surface area contributed by atoms with Gasteiger partial charge in [-0.15, -0.1) is 0 Å². The smallest absolute Gasteiger partial charge is 0.239 e. The first-order chi connectivity index (χ1) is 6.56. The van der Waals surface area contributed by atoms with Crippen molar-refractivity contribution in [1.29, 1.82) is 0 Å². The molecule has 1 amide bonds. The van der Waals surface area contributed by atoms with Crippen LogP contribution in [0.25, 0.3) is 0 Å². The first-order valence-electron chi connectivity index (χ1n) is 5.62. The number of hydrogen-bond acceptors (Lipinski definition) is 2. The van der Waals surface area contributed by atoms with Gasteiger partial charge >= 0.3 is 0 Å². The number of carbonyl (C=O) groups is 1. The van der Waals surface area contributed by atoms with Crippen LogP contribution in [0.5, 0.6) is 0 Å². The zero-order valence-corrected chi connectivity index (χ0v) is 9.49. The minimum absolute atomic E-state index is 0.140. The molecule has 2 N–H and O–H groups in total. The van der Waals surface area contributed by atoms with Crippen molar-refractivity contribution in [3.8, 4) is 0 Å². The van der Waals surface area contributed by atoms with Gasteiger partial charge in [0.25, 0.3) is 0 Å². The standard InChI is InChI=1S/C11H22N2O/c1-4-8(2)7-9(3)13-6-5-10(12)11(13)14/h8-10H,4-7,12H2,1-3H3. The second-order valence-electron chi connectivity index (χ2n) is 4.52. The summed E-state index contributed by atoms with van der Waals surface area (Å²) in [6, 6.07) is 0.111. The molecule has 3 unspecified atom stereocenters. The molecule has 14 heavy (non-hydrogen) atoms. The van der Waals surface area contributed by atoms with E-state index in [1.807, 2.05) is 4.90 Å². The van der Waals surface area contributed by atoms with Gasteiger partial charge in [0.1, 0.15) is 0 Å². The van der Waals surface area contributed by atoms with Gasteiger partial charge in [0.2, 0.25) is 5.91 Å². The molecular weight excluding hydrogens is 176 g/mol. The molecule has 1 aliphatic rings. The van der Waals surface area contributed by atoms with Crippen LogP contribution < -0.4 is 5.73 Å². The van der Waals surface area contributed by atoms with E-state index in [1.54, 1.807) is 0 Å². The normalized spacial score (nSPS) is 26.7. The summed E-state index contributed by atoms with van der Waals surface area (Å²) in [5.41, 5.74) is 5.68. The number of rotatable bonds is 4. The van der Waals surface area contributed by atoms with E-state index in [0.717, 1.165) is 19.4 Å². The third-order valence-corrected chi connectivity index (χ3v) is 3.25. The Morgan fingerprint density at radius 3 is 2.64 bits per heavy atom. The highest BCUT2D eigenvalue weighted by Gasteiger charge is 2.31. The van der Waals surface area contributed by atoms with E-state index in [9.17, 15) is 4.79 Å². The van der Waals surface area contributed by atoms with Gasteiger partial charge in [-0.2, -0.15) is 0 Å². The Labute approximate surface area is 86.6 Å². The highest BCUT2D eigenvalue weighted by atomic mass is 16.2. The molecule has 1 aliphatic heterocycles. The lowest BCUT2D eigenvalue weighted by Crippen LogP contribution is -2.40. The third-order valence-electron chi connectivity index (χ3n) is 3.25. The Kier molecular flexibility index (Phi) is 3.93. The Morgan fingerprint density at radius 1 is 1.57 bits per heavy atom. The average Bonchev–Trinajstić information content (AvgIpc) is 2.47. The van der Waals surface area contributed by atoms with Crippen molar-refractivity contribution in [2.75, 3.05) is 6.54 Å². The highest BCUT2D eigenvalue weighted by Crippen LogP contribution is 2.19. The van der Waals surface area contributed by atoms with Crippen LogP contribution >= 0.6 is 0 Å². The van der Waals surface area contributed by atoms with E-state index >= 15 is 0 Å². The maximum absolute atomic E-state index is 11.6. The lowest BCUT2D eigenvalue weighted by molar-refractivity contribution is -0.130. The fraction of sp³-hybridized carbons (Fsp3) is 0.909. The predicted octanol–water partition coefficient (Wildman–Crippen LogP) is 1.37. The molecule has 0 aromatic heterocycles. The average molecular weight is 198 g/mol. The molecule has 3 nitrogen and oxygen atoms in total. The number of nitrogens with two attached hydrogens (primary N) is 1. The summed E-state index contributed by atoms with van der Waals surface area (Å²) in [6.45, 7) is 7.39. The molecule has 1 saturated heterocycles. The van der Waals surface area contributed by atoms with E-state index in [1.165, 1.54) is 6.42 Å². The topological polar surface area (TPSA) is 46.3 Å². The van der Waals surface area contributed by atoms with Crippen LogP contribution in [0.2, 0.25) is 0 Å². The van der Waals surface area contributed by atoms with Crippen LogP contribution in [-0.2, 0) is 4.79 Å². The molecule has 3 heteroatoms. The maximum atomic E-state index is 11.6. The van der Waals surface area contributed by atoms with Gasteiger partial charge in [0.15, 0.2) is 0 Å². The van der Waals surface area contributed by atoms with Gasteiger partial charge in [-0.25, -0.2) is 0 Å². The highest BCUT2D eigenvalue weighted by molar-refractivity contribution is 5.83. The van der Waals surface area contributed by atoms with E-state index in [0.29, 0.717) is 12.0 Å². The SMILES string of the molecule is CCC(C)CC(C)N1CCC(N)C1=O. The molecule has 0 spiro atoms. The lowest BCUT2D eigenvalue weighted by atomic mass is 9.99. The van der Waals surface area contributed by atoms with Gasteiger partial charge in [-0.1, -0.05) is 20.3 Å². The molecule has 0 aliphatic carbocycles. The van der Waals surface area contributed by atoms with Crippen molar-refractivity contribution in [2.45, 2.75) is 52.1 Å². The molecule has 1 fully saturated rings. The van der Waals surface area contributed by atoms with Gasteiger partial charge in [0.05, 0.1) is 6.04 Å². The fourth-order valence-electron chi connectivity index (χ4n) is 2.04. The van der Waals surface area contributed by atoms with Gasteiger partial charge in [-0.05, 0) is 25.7 Å². The van der Waals surface area contributed by atoms with Crippen molar-refractivity contribution in [1.82, 2.24) is 4.90 Å². The molecule has 0 saturated carbocycles. The maximum Gasteiger partial charge on any atom is 0.239 e. The molecule has 82 valence electrons. The minimum Gasteiger partial charge on any atom is -0.339 e. The second kappa shape index (κ2) is 4.78. The first kappa shape index (κ1) is 11.5. The lowest BCUT2D eigenvalue weighted by Gasteiger charge is -2.26. The molecule has 0 aromatic carbocycles. The Morgan fingerprint density at radius 2 is 2.21 bits per heavy atom. The van der Waals surface area contributed by atoms with Crippen molar-refractivity contribution in [2.24, 2.45) is 11.7 Å². The summed E-state index contributed by atoms with van der Waals surface area (Å²) in [5, 5.41) is 0. The molecule has 0 radical (unpaired) electrons. The fourth-order valence-corrected chi connectivity index (χ4v) is 2.04. The van der Waals surface area contributed by atoms with E-state index in [4.69, 9.17) is 5.73 Å². The van der Waals surface area contributed by atoms with Crippen LogP contribution in [0.4, 0.5) is 0 Å². The van der Waals surface area contributed by atoms with E-state index in [-0.39, 0.29) is 11.9 Å². The summed E-state index contributed by atoms with van der Waals surface area (Å²) >= 11 is 0. The zero-order chi connectivity index (χ0) is 10.7. The van der Waals surface area contributed by atoms with Gasteiger partial charge in [-0.3, -0.25) is 4.79 Å². The Hall–Kier alpha value is -0.570. The molecule has 0 aromatic rings. The zero-order valence-electron chi connectivity index (χ0n) is 9.49. The number of carbonyl (C=O) groups excluding carboxylic acids is 1. The molecule has 3 atom stereocenters. The third kappa shape index (κ3) is 2.47. The summed E-state index contributed by atoms with van der Waals surface area (Å²) in [5.74, 6) is 0.829. The van der Waals surface area contributed by atoms with Crippen LogP contribution in [0.1, 0.15) is 40.0 Å². The van der Waals surface area contributed by atoms with Crippen molar-refractivity contribution >= 4 is 5.91 Å². The summed E-state index contributed by atoms with van der Waals surface area (Å²) < 4.78 is 0. The van der Waals surface area contributed by atoms with Crippen LogP contribution in [0, 0.1) is 5.92 Å². The number of nitrogens with zero attached hydrogens (tertiary/aromatic N) is 1. The summed E-state index contributed by atoms with van der Waals surface area (Å²) in [4.78, 5) is 13.6. The van der Waals surface area contributed by atoms with Gasteiger partial charge < -0.3 is 10.6 Å². The summed E-state index contributed by atoms with van der Waals surface area (Å²) in [7, 11) is 0. The largest absolute Gasteiger partial charge is 0.339 e. The van der Waals surface area contributed by atoms with Crippen LogP contribution in [0.3, 0.4) is 0 Å².